The average molecular weight is 222 g/mol. The minimum Gasteiger partial charge on any atom is -0.369 e. The Kier molecular flexibility index (Phi) is 2.11. The van der Waals surface area contributed by atoms with Gasteiger partial charge in [-0.3, -0.25) is 14.0 Å². The zero-order valence-electron chi connectivity index (χ0n) is 9.43. The highest BCUT2D eigenvalue weighted by atomic mass is 16.1. The number of primary amides is 1. The highest BCUT2D eigenvalue weighted by Gasteiger charge is 2.22. The first-order valence-electron chi connectivity index (χ1n) is 4.89. The van der Waals surface area contributed by atoms with Crippen molar-refractivity contribution in [2.45, 2.75) is 19.9 Å². The predicted molar refractivity (Wildman–Crippen MR) is 59.6 cm³/mol. The van der Waals surface area contributed by atoms with Gasteiger partial charge >= 0.3 is 0 Å². The Morgan fingerprint density at radius 3 is 2.69 bits per heavy atom. The Hall–Kier alpha value is -2.05. The van der Waals surface area contributed by atoms with Crippen molar-refractivity contribution in [1.82, 2.24) is 19.3 Å². The molecule has 1 atom stereocenters. The van der Waals surface area contributed by atoms with Gasteiger partial charge in [-0.2, -0.15) is 5.10 Å². The van der Waals surface area contributed by atoms with Crippen LogP contribution in [-0.4, -0.2) is 25.2 Å². The fraction of sp³-hybridized carbons (Fsp3) is 0.444. The SMILES string of the molecule is Cc1nn(C)c2c1nc(N)n2C(C)C(N)=O. The standard InChI is InChI=1S/C9H14N6O/c1-4-6-8(14(3)13-4)15(9(11)12-6)5(2)7(10)16/h5H,1-3H3,(H2,10,16)(H2,11,12). The van der Waals surface area contributed by atoms with E-state index in [-0.39, 0.29) is 5.95 Å². The lowest BCUT2D eigenvalue weighted by atomic mass is 10.3. The van der Waals surface area contributed by atoms with E-state index in [9.17, 15) is 4.79 Å². The minimum absolute atomic E-state index is 0.275. The number of rotatable bonds is 2. The van der Waals surface area contributed by atoms with E-state index < -0.39 is 11.9 Å². The predicted octanol–water partition coefficient (Wildman–Crippen LogP) is -0.293. The zero-order chi connectivity index (χ0) is 12.0. The van der Waals surface area contributed by atoms with Gasteiger partial charge in [-0.15, -0.1) is 0 Å². The Morgan fingerprint density at radius 1 is 1.50 bits per heavy atom. The molecule has 0 spiro atoms. The van der Waals surface area contributed by atoms with Crippen molar-refractivity contribution in [1.29, 1.82) is 0 Å². The monoisotopic (exact) mass is 222 g/mol. The maximum atomic E-state index is 11.2. The van der Waals surface area contributed by atoms with Crippen LogP contribution in [0.5, 0.6) is 0 Å². The number of imidazole rings is 1. The first kappa shape index (κ1) is 10.5. The number of aryl methyl sites for hydroxylation is 2. The fourth-order valence-electron chi connectivity index (χ4n) is 1.82. The summed E-state index contributed by atoms with van der Waals surface area (Å²) < 4.78 is 3.24. The molecule has 0 saturated carbocycles. The molecule has 16 heavy (non-hydrogen) atoms. The number of carbonyl (C=O) groups is 1. The molecule has 0 saturated heterocycles. The van der Waals surface area contributed by atoms with Crippen LogP contribution >= 0.6 is 0 Å². The third kappa shape index (κ3) is 1.24. The summed E-state index contributed by atoms with van der Waals surface area (Å²) >= 11 is 0. The smallest absolute Gasteiger partial charge is 0.240 e. The fourth-order valence-corrected chi connectivity index (χ4v) is 1.82. The Balaban J connectivity index is 2.77. The largest absolute Gasteiger partial charge is 0.369 e. The normalized spacial score (nSPS) is 13.2. The number of fused-ring (bicyclic) bond motifs is 1. The van der Waals surface area contributed by atoms with Crippen molar-refractivity contribution >= 4 is 23.0 Å². The third-order valence-corrected chi connectivity index (χ3v) is 2.66. The van der Waals surface area contributed by atoms with E-state index in [0.29, 0.717) is 11.2 Å². The van der Waals surface area contributed by atoms with E-state index in [4.69, 9.17) is 11.5 Å². The molecule has 0 bridgehead atoms. The minimum atomic E-state index is -0.542. The van der Waals surface area contributed by atoms with Crippen molar-refractivity contribution in [3.63, 3.8) is 0 Å². The van der Waals surface area contributed by atoms with Gasteiger partial charge in [-0.25, -0.2) is 4.98 Å². The van der Waals surface area contributed by atoms with E-state index in [1.165, 1.54) is 0 Å². The van der Waals surface area contributed by atoms with Gasteiger partial charge in [-0.05, 0) is 13.8 Å². The number of nitrogen functional groups attached to an aromatic ring is 1. The molecule has 1 unspecified atom stereocenters. The molecule has 0 aliphatic heterocycles. The molecule has 7 nitrogen and oxygen atoms in total. The molecular weight excluding hydrogens is 208 g/mol. The second-order valence-corrected chi connectivity index (χ2v) is 3.80. The topological polar surface area (TPSA) is 105 Å². The summed E-state index contributed by atoms with van der Waals surface area (Å²) in [6, 6.07) is -0.542. The van der Waals surface area contributed by atoms with Crippen molar-refractivity contribution in [3.8, 4) is 0 Å². The van der Waals surface area contributed by atoms with Gasteiger partial charge in [0, 0.05) is 7.05 Å². The molecule has 4 N–H and O–H groups in total. The molecule has 0 radical (unpaired) electrons. The molecule has 0 aliphatic rings. The number of nitrogens with two attached hydrogens (primary N) is 2. The Morgan fingerprint density at radius 2 is 2.12 bits per heavy atom. The Labute approximate surface area is 92.0 Å². The molecule has 0 aliphatic carbocycles. The summed E-state index contributed by atoms with van der Waals surface area (Å²) in [6.45, 7) is 3.52. The van der Waals surface area contributed by atoms with Crippen LogP contribution in [0.4, 0.5) is 5.95 Å². The van der Waals surface area contributed by atoms with Gasteiger partial charge in [-0.1, -0.05) is 0 Å². The van der Waals surface area contributed by atoms with Crippen LogP contribution in [0.3, 0.4) is 0 Å². The van der Waals surface area contributed by atoms with E-state index >= 15 is 0 Å². The number of nitrogens with zero attached hydrogens (tertiary/aromatic N) is 4. The van der Waals surface area contributed by atoms with E-state index in [1.54, 1.807) is 23.2 Å². The molecule has 0 aromatic carbocycles. The van der Waals surface area contributed by atoms with Crippen LogP contribution < -0.4 is 11.5 Å². The first-order valence-corrected chi connectivity index (χ1v) is 4.89. The van der Waals surface area contributed by atoms with Crippen molar-refractivity contribution in [2.24, 2.45) is 12.8 Å². The van der Waals surface area contributed by atoms with Gasteiger partial charge in [0.1, 0.15) is 11.6 Å². The maximum Gasteiger partial charge on any atom is 0.240 e. The summed E-state index contributed by atoms with van der Waals surface area (Å²) in [5.74, 6) is -0.178. The van der Waals surface area contributed by atoms with Crippen LogP contribution in [0.2, 0.25) is 0 Å². The van der Waals surface area contributed by atoms with Crippen molar-refractivity contribution < 1.29 is 4.79 Å². The van der Waals surface area contributed by atoms with Crippen LogP contribution in [0.1, 0.15) is 18.7 Å². The van der Waals surface area contributed by atoms with Gasteiger partial charge < -0.3 is 11.5 Å². The second kappa shape index (κ2) is 3.22. The lowest BCUT2D eigenvalue weighted by Crippen LogP contribution is -2.25. The highest BCUT2D eigenvalue weighted by molar-refractivity contribution is 5.84. The maximum absolute atomic E-state index is 11.2. The number of hydrogen-bond acceptors (Lipinski definition) is 4. The molecule has 2 aromatic rings. The number of anilines is 1. The van der Waals surface area contributed by atoms with Crippen molar-refractivity contribution in [2.75, 3.05) is 5.73 Å². The quantitative estimate of drug-likeness (QED) is 0.728. The van der Waals surface area contributed by atoms with E-state index in [2.05, 4.69) is 10.1 Å². The molecule has 86 valence electrons. The molecule has 7 heteroatoms. The summed E-state index contributed by atoms with van der Waals surface area (Å²) in [5, 5.41) is 4.22. The number of carbonyl (C=O) groups excluding carboxylic acids is 1. The lowest BCUT2D eigenvalue weighted by Gasteiger charge is -2.11. The van der Waals surface area contributed by atoms with E-state index in [0.717, 1.165) is 5.69 Å². The molecule has 0 fully saturated rings. The molecule has 2 rings (SSSR count). The Bertz CT molecular complexity index is 566. The van der Waals surface area contributed by atoms with Gasteiger partial charge in [0.15, 0.2) is 5.65 Å². The lowest BCUT2D eigenvalue weighted by molar-refractivity contribution is -0.120. The molecule has 1 amide bonds. The summed E-state index contributed by atoms with van der Waals surface area (Å²) in [7, 11) is 1.78. The average Bonchev–Trinajstić information content (AvgIpc) is 2.65. The number of amides is 1. The van der Waals surface area contributed by atoms with Crippen LogP contribution in [-0.2, 0) is 11.8 Å². The van der Waals surface area contributed by atoms with Gasteiger partial charge in [0.05, 0.1) is 5.69 Å². The first-order chi connectivity index (χ1) is 7.43. The van der Waals surface area contributed by atoms with Gasteiger partial charge in [0.2, 0.25) is 11.9 Å². The number of aromatic nitrogens is 4. The highest BCUT2D eigenvalue weighted by Crippen LogP contribution is 2.24. The number of hydrogen-bond donors (Lipinski definition) is 2. The van der Waals surface area contributed by atoms with Crippen LogP contribution in [0.15, 0.2) is 0 Å². The van der Waals surface area contributed by atoms with Gasteiger partial charge in [0.25, 0.3) is 0 Å². The summed E-state index contributed by atoms with van der Waals surface area (Å²) in [6.07, 6.45) is 0. The van der Waals surface area contributed by atoms with Crippen molar-refractivity contribution in [3.05, 3.63) is 5.69 Å². The third-order valence-electron chi connectivity index (χ3n) is 2.66. The summed E-state index contributed by atoms with van der Waals surface area (Å²) in [5.41, 5.74) is 13.2. The van der Waals surface area contributed by atoms with Crippen LogP contribution in [0.25, 0.3) is 11.2 Å². The second-order valence-electron chi connectivity index (χ2n) is 3.80. The molecule has 2 heterocycles. The van der Waals surface area contributed by atoms with E-state index in [1.807, 2.05) is 6.92 Å². The molecule has 2 aromatic heterocycles. The summed E-state index contributed by atoms with van der Waals surface area (Å²) in [4.78, 5) is 15.4. The van der Waals surface area contributed by atoms with Crippen LogP contribution in [0, 0.1) is 6.92 Å². The zero-order valence-corrected chi connectivity index (χ0v) is 9.43. The molecular formula is C9H14N6O.